The largest absolute Gasteiger partial charge is 0.497 e. The Bertz CT molecular complexity index is 933. The minimum absolute atomic E-state index is 0.192. The van der Waals surface area contributed by atoms with Crippen molar-refractivity contribution < 1.29 is 23.5 Å². The van der Waals surface area contributed by atoms with Crippen molar-refractivity contribution in [1.29, 1.82) is 0 Å². The zero-order valence-corrected chi connectivity index (χ0v) is 17.6. The molecule has 0 spiro atoms. The molecule has 1 N–H and O–H groups in total. The number of nitrogens with zero attached hydrogens (tertiary/aromatic N) is 3. The summed E-state index contributed by atoms with van der Waals surface area (Å²) in [7, 11) is 1.65. The molecule has 0 saturated carbocycles. The summed E-state index contributed by atoms with van der Waals surface area (Å²) in [6.45, 7) is 4.80. The van der Waals surface area contributed by atoms with Crippen molar-refractivity contribution in [1.82, 2.24) is 10.2 Å². The van der Waals surface area contributed by atoms with Gasteiger partial charge in [-0.3, -0.25) is 14.9 Å². The molecule has 2 aliphatic heterocycles. The molecular weight excluding hydrogens is 400 g/mol. The molecule has 2 aromatic rings. The molecule has 164 valence electrons. The highest BCUT2D eigenvalue weighted by Crippen LogP contribution is 2.31. The summed E-state index contributed by atoms with van der Waals surface area (Å²) < 4.78 is 15.8. The summed E-state index contributed by atoms with van der Waals surface area (Å²) in [6.07, 6.45) is 1.51. The number of esters is 1. The Morgan fingerprint density at radius 1 is 1.16 bits per heavy atom. The summed E-state index contributed by atoms with van der Waals surface area (Å²) in [6, 6.07) is 10.6. The van der Waals surface area contributed by atoms with Crippen LogP contribution in [0.2, 0.25) is 0 Å². The summed E-state index contributed by atoms with van der Waals surface area (Å²) in [5.41, 5.74) is 1.12. The highest BCUT2D eigenvalue weighted by atomic mass is 16.5. The standard InChI is InChI=1S/C22H26N4O5/c1-3-30-21(28)18-19(17-5-4-14-31-17)23-22(24-20(18)27)26-12-10-25(11-13-26)15-6-8-16(29-2)9-7-15/h4-9,14,18-19H,3,10-13H2,1-2H3,(H,23,24,27)/t18-,19+/m1/s1. The second-order valence-corrected chi connectivity index (χ2v) is 7.30. The van der Waals surface area contributed by atoms with Gasteiger partial charge in [-0.05, 0) is 43.3 Å². The van der Waals surface area contributed by atoms with Crippen LogP contribution in [-0.2, 0) is 14.3 Å². The number of carbonyl (C=O) groups is 2. The van der Waals surface area contributed by atoms with E-state index >= 15 is 0 Å². The molecule has 9 nitrogen and oxygen atoms in total. The van der Waals surface area contributed by atoms with E-state index in [2.05, 4.69) is 15.2 Å². The summed E-state index contributed by atoms with van der Waals surface area (Å²) in [4.78, 5) is 34.2. The third-order valence-electron chi connectivity index (χ3n) is 5.49. The van der Waals surface area contributed by atoms with E-state index in [0.29, 0.717) is 24.8 Å². The SMILES string of the molecule is CCOC(=O)[C@H]1C(=O)NC(N2CCN(c3ccc(OC)cc3)CC2)=N[C@H]1c1ccco1. The summed E-state index contributed by atoms with van der Waals surface area (Å²) >= 11 is 0. The van der Waals surface area contributed by atoms with E-state index in [9.17, 15) is 9.59 Å². The van der Waals surface area contributed by atoms with Crippen LogP contribution in [0, 0.1) is 5.92 Å². The summed E-state index contributed by atoms with van der Waals surface area (Å²) in [5.74, 6) is -0.364. The Labute approximate surface area is 180 Å². The number of aliphatic imine (C=N–C) groups is 1. The molecule has 2 atom stereocenters. The van der Waals surface area contributed by atoms with Gasteiger partial charge in [0.25, 0.3) is 0 Å². The monoisotopic (exact) mass is 426 g/mol. The van der Waals surface area contributed by atoms with Crippen molar-refractivity contribution in [3.63, 3.8) is 0 Å². The van der Waals surface area contributed by atoms with Crippen LogP contribution < -0.4 is 15.0 Å². The van der Waals surface area contributed by atoms with Gasteiger partial charge in [-0.15, -0.1) is 0 Å². The van der Waals surface area contributed by atoms with Gasteiger partial charge in [-0.25, -0.2) is 4.99 Å². The minimum atomic E-state index is -1.07. The van der Waals surface area contributed by atoms with Gasteiger partial charge in [0.2, 0.25) is 11.9 Å². The third kappa shape index (κ3) is 4.35. The van der Waals surface area contributed by atoms with Crippen molar-refractivity contribution in [2.75, 3.05) is 44.8 Å². The molecule has 0 aliphatic carbocycles. The van der Waals surface area contributed by atoms with Crippen LogP contribution in [0.1, 0.15) is 18.7 Å². The van der Waals surface area contributed by atoms with E-state index in [-0.39, 0.29) is 6.61 Å². The number of furan rings is 1. The second kappa shape index (κ2) is 9.11. The maximum atomic E-state index is 12.8. The van der Waals surface area contributed by atoms with Crippen molar-refractivity contribution in [2.45, 2.75) is 13.0 Å². The number of guanidine groups is 1. The fourth-order valence-corrected chi connectivity index (χ4v) is 3.86. The van der Waals surface area contributed by atoms with Gasteiger partial charge in [-0.1, -0.05) is 0 Å². The van der Waals surface area contributed by atoms with Crippen molar-refractivity contribution >= 4 is 23.5 Å². The number of amides is 1. The maximum Gasteiger partial charge on any atom is 0.321 e. The molecule has 3 heterocycles. The molecular formula is C22H26N4O5. The molecule has 4 rings (SSSR count). The molecule has 0 radical (unpaired) electrons. The summed E-state index contributed by atoms with van der Waals surface area (Å²) in [5, 5.41) is 2.80. The lowest BCUT2D eigenvalue weighted by Gasteiger charge is -2.39. The Balaban J connectivity index is 1.49. The Hall–Kier alpha value is -3.49. The predicted molar refractivity (Wildman–Crippen MR) is 114 cm³/mol. The first-order valence-electron chi connectivity index (χ1n) is 10.3. The number of rotatable bonds is 5. The van der Waals surface area contributed by atoms with Crippen LogP contribution in [-0.4, -0.2) is 62.6 Å². The first kappa shape index (κ1) is 20.8. The van der Waals surface area contributed by atoms with E-state index in [1.165, 1.54) is 6.26 Å². The van der Waals surface area contributed by atoms with Gasteiger partial charge in [-0.2, -0.15) is 0 Å². The van der Waals surface area contributed by atoms with Crippen LogP contribution in [0.5, 0.6) is 5.75 Å². The predicted octanol–water partition coefficient (Wildman–Crippen LogP) is 1.82. The number of ether oxygens (including phenoxy) is 2. The molecule has 1 fully saturated rings. The van der Waals surface area contributed by atoms with Gasteiger partial charge in [0.15, 0.2) is 5.92 Å². The number of piperazine rings is 1. The number of hydrogen-bond acceptors (Lipinski definition) is 8. The first-order valence-corrected chi connectivity index (χ1v) is 10.3. The van der Waals surface area contributed by atoms with Crippen molar-refractivity contribution in [3.8, 4) is 5.75 Å². The number of carbonyl (C=O) groups excluding carboxylic acids is 2. The molecule has 1 amide bonds. The zero-order chi connectivity index (χ0) is 21.8. The Morgan fingerprint density at radius 2 is 1.87 bits per heavy atom. The molecule has 0 unspecified atom stereocenters. The quantitative estimate of drug-likeness (QED) is 0.575. The van der Waals surface area contributed by atoms with Crippen LogP contribution >= 0.6 is 0 Å². The molecule has 31 heavy (non-hydrogen) atoms. The zero-order valence-electron chi connectivity index (χ0n) is 17.6. The fraction of sp³-hybridized carbons (Fsp3) is 0.409. The molecule has 1 aromatic heterocycles. The first-order chi connectivity index (χ1) is 15.1. The van der Waals surface area contributed by atoms with E-state index in [0.717, 1.165) is 24.5 Å². The lowest BCUT2D eigenvalue weighted by atomic mass is 9.95. The molecule has 9 heteroatoms. The highest BCUT2D eigenvalue weighted by Gasteiger charge is 2.43. The average molecular weight is 426 g/mol. The molecule has 2 aliphatic rings. The van der Waals surface area contributed by atoms with Crippen LogP contribution in [0.15, 0.2) is 52.1 Å². The fourth-order valence-electron chi connectivity index (χ4n) is 3.86. The molecule has 1 saturated heterocycles. The van der Waals surface area contributed by atoms with Gasteiger partial charge in [0.1, 0.15) is 17.6 Å². The highest BCUT2D eigenvalue weighted by molar-refractivity contribution is 6.08. The number of methoxy groups -OCH3 is 1. The van der Waals surface area contributed by atoms with Gasteiger partial charge >= 0.3 is 5.97 Å². The lowest BCUT2D eigenvalue weighted by molar-refractivity contribution is -0.153. The van der Waals surface area contributed by atoms with E-state index in [4.69, 9.17) is 13.9 Å². The molecule has 1 aromatic carbocycles. The Morgan fingerprint density at radius 3 is 2.48 bits per heavy atom. The normalized spacial score (nSPS) is 21.4. The average Bonchev–Trinajstić information content (AvgIpc) is 3.34. The molecule has 0 bridgehead atoms. The van der Waals surface area contributed by atoms with E-state index in [1.807, 2.05) is 29.2 Å². The third-order valence-corrected chi connectivity index (χ3v) is 5.49. The van der Waals surface area contributed by atoms with Crippen LogP contribution in [0.4, 0.5) is 5.69 Å². The number of nitrogens with one attached hydrogen (secondary N) is 1. The second-order valence-electron chi connectivity index (χ2n) is 7.30. The van der Waals surface area contributed by atoms with Gasteiger partial charge in [0, 0.05) is 31.9 Å². The maximum absolute atomic E-state index is 12.8. The number of anilines is 1. The van der Waals surface area contributed by atoms with Crippen LogP contribution in [0.25, 0.3) is 0 Å². The van der Waals surface area contributed by atoms with Crippen LogP contribution in [0.3, 0.4) is 0 Å². The van der Waals surface area contributed by atoms with E-state index < -0.39 is 23.8 Å². The number of hydrogen-bond donors (Lipinski definition) is 1. The van der Waals surface area contributed by atoms with Crippen molar-refractivity contribution in [2.24, 2.45) is 10.9 Å². The smallest absolute Gasteiger partial charge is 0.321 e. The van der Waals surface area contributed by atoms with E-state index in [1.54, 1.807) is 26.2 Å². The Kier molecular flexibility index (Phi) is 6.11. The number of benzene rings is 1. The van der Waals surface area contributed by atoms with Crippen molar-refractivity contribution in [3.05, 3.63) is 48.4 Å². The minimum Gasteiger partial charge on any atom is -0.497 e. The van der Waals surface area contributed by atoms with Gasteiger partial charge in [0.05, 0.1) is 20.0 Å². The topological polar surface area (TPSA) is 96.6 Å². The van der Waals surface area contributed by atoms with Gasteiger partial charge < -0.3 is 23.7 Å². The lowest BCUT2D eigenvalue weighted by Crippen LogP contribution is -2.57.